The average molecular weight is 270 g/mol. The van der Waals surface area contributed by atoms with E-state index in [4.69, 9.17) is 0 Å². The highest BCUT2D eigenvalue weighted by Gasteiger charge is 2.07. The van der Waals surface area contributed by atoms with Gasteiger partial charge in [0.05, 0.1) is 4.92 Å². The van der Waals surface area contributed by atoms with Crippen molar-refractivity contribution >= 4 is 11.4 Å². The summed E-state index contributed by atoms with van der Waals surface area (Å²) in [7, 11) is 2.02. The number of nitro benzene ring substituents is 1. The Kier molecular flexibility index (Phi) is 4.03. The molecule has 0 fully saturated rings. The molecule has 0 aliphatic rings. The van der Waals surface area contributed by atoms with E-state index in [-0.39, 0.29) is 10.6 Å². The van der Waals surface area contributed by atoms with Crippen molar-refractivity contribution in [2.45, 2.75) is 20.4 Å². The average Bonchev–Trinajstić information content (AvgIpc) is 2.38. The second-order valence-electron chi connectivity index (χ2n) is 5.13. The minimum atomic E-state index is -0.378. The van der Waals surface area contributed by atoms with E-state index in [9.17, 15) is 10.1 Å². The van der Waals surface area contributed by atoms with E-state index >= 15 is 0 Å². The van der Waals surface area contributed by atoms with E-state index in [1.807, 2.05) is 7.05 Å². The van der Waals surface area contributed by atoms with Gasteiger partial charge in [0.2, 0.25) is 0 Å². The Morgan fingerprint density at radius 1 is 1.05 bits per heavy atom. The Bertz CT molecular complexity index is 601. The van der Waals surface area contributed by atoms with Crippen LogP contribution in [0.15, 0.2) is 42.5 Å². The minimum absolute atomic E-state index is 0.128. The molecule has 0 radical (unpaired) electrons. The smallest absolute Gasteiger partial charge is 0.269 e. The van der Waals surface area contributed by atoms with Crippen LogP contribution in [0.4, 0.5) is 11.4 Å². The zero-order valence-electron chi connectivity index (χ0n) is 12.0. The zero-order chi connectivity index (χ0) is 14.7. The maximum absolute atomic E-state index is 10.6. The molecule has 2 aromatic rings. The summed E-state index contributed by atoms with van der Waals surface area (Å²) >= 11 is 0. The van der Waals surface area contributed by atoms with Gasteiger partial charge in [0.1, 0.15) is 0 Å². The van der Waals surface area contributed by atoms with Crippen molar-refractivity contribution in [3.8, 4) is 0 Å². The third-order valence-electron chi connectivity index (χ3n) is 3.21. The van der Waals surface area contributed by atoms with Gasteiger partial charge in [-0.1, -0.05) is 18.2 Å². The first-order valence-corrected chi connectivity index (χ1v) is 6.48. The van der Waals surface area contributed by atoms with Crippen molar-refractivity contribution in [3.05, 3.63) is 69.3 Å². The van der Waals surface area contributed by atoms with Gasteiger partial charge < -0.3 is 4.90 Å². The van der Waals surface area contributed by atoms with Crippen LogP contribution in [0.5, 0.6) is 0 Å². The van der Waals surface area contributed by atoms with Gasteiger partial charge in [-0.3, -0.25) is 10.1 Å². The van der Waals surface area contributed by atoms with Crippen molar-refractivity contribution in [2.24, 2.45) is 0 Å². The highest BCUT2D eigenvalue weighted by atomic mass is 16.6. The van der Waals surface area contributed by atoms with E-state index in [1.54, 1.807) is 24.3 Å². The molecule has 2 rings (SSSR count). The van der Waals surface area contributed by atoms with Crippen LogP contribution in [0.25, 0.3) is 0 Å². The molecule has 0 spiro atoms. The largest absolute Gasteiger partial charge is 0.370 e. The van der Waals surface area contributed by atoms with Gasteiger partial charge in [0.25, 0.3) is 5.69 Å². The number of anilines is 1. The minimum Gasteiger partial charge on any atom is -0.370 e. The number of nitro groups is 1. The van der Waals surface area contributed by atoms with Crippen LogP contribution < -0.4 is 4.90 Å². The molecule has 0 amide bonds. The Balaban J connectivity index is 2.14. The first-order valence-electron chi connectivity index (χ1n) is 6.48. The summed E-state index contributed by atoms with van der Waals surface area (Å²) in [5.41, 5.74) is 4.80. The lowest BCUT2D eigenvalue weighted by Gasteiger charge is -2.20. The summed E-state index contributed by atoms with van der Waals surface area (Å²) in [6, 6.07) is 13.1. The van der Waals surface area contributed by atoms with Crippen molar-refractivity contribution in [1.82, 2.24) is 0 Å². The number of benzene rings is 2. The van der Waals surface area contributed by atoms with Crippen molar-refractivity contribution < 1.29 is 4.92 Å². The molecule has 0 aromatic heterocycles. The molecule has 0 N–H and O–H groups in total. The molecule has 20 heavy (non-hydrogen) atoms. The summed E-state index contributed by atoms with van der Waals surface area (Å²) in [5.74, 6) is 0. The monoisotopic (exact) mass is 270 g/mol. The van der Waals surface area contributed by atoms with Gasteiger partial charge in [-0.05, 0) is 42.7 Å². The molecule has 0 bridgehead atoms. The topological polar surface area (TPSA) is 46.4 Å². The lowest BCUT2D eigenvalue weighted by Crippen LogP contribution is -2.16. The Labute approximate surface area is 118 Å². The quantitative estimate of drug-likeness (QED) is 0.626. The van der Waals surface area contributed by atoms with Crippen LogP contribution in [-0.4, -0.2) is 12.0 Å². The summed E-state index contributed by atoms with van der Waals surface area (Å²) in [6.45, 7) is 4.88. The van der Waals surface area contributed by atoms with E-state index in [0.29, 0.717) is 0 Å². The number of nitrogens with zero attached hydrogens (tertiary/aromatic N) is 2. The van der Waals surface area contributed by atoms with Gasteiger partial charge in [-0.15, -0.1) is 0 Å². The fourth-order valence-electron chi connectivity index (χ4n) is 2.26. The fraction of sp³-hybridized carbons (Fsp3) is 0.250. The number of non-ortho nitro benzene ring substituents is 1. The van der Waals surface area contributed by atoms with E-state index in [0.717, 1.165) is 17.8 Å². The van der Waals surface area contributed by atoms with Crippen molar-refractivity contribution in [3.63, 3.8) is 0 Å². The Morgan fingerprint density at radius 3 is 2.10 bits per heavy atom. The normalized spacial score (nSPS) is 10.3. The van der Waals surface area contributed by atoms with Crippen LogP contribution in [0.3, 0.4) is 0 Å². The SMILES string of the molecule is Cc1cc(C)cc(N(C)Cc2ccc([N+](=O)[O-])cc2)c1. The molecule has 4 nitrogen and oxygen atoms in total. The van der Waals surface area contributed by atoms with Crippen LogP contribution in [0.1, 0.15) is 16.7 Å². The molecule has 0 unspecified atom stereocenters. The number of hydrogen-bond acceptors (Lipinski definition) is 3. The van der Waals surface area contributed by atoms with E-state index < -0.39 is 0 Å². The third kappa shape index (κ3) is 3.35. The zero-order valence-corrected chi connectivity index (χ0v) is 12.0. The van der Waals surface area contributed by atoms with Crippen molar-refractivity contribution in [2.75, 3.05) is 11.9 Å². The summed E-state index contributed by atoms with van der Waals surface area (Å²) < 4.78 is 0. The maximum atomic E-state index is 10.6. The van der Waals surface area contributed by atoms with Gasteiger partial charge in [0.15, 0.2) is 0 Å². The molecule has 0 atom stereocenters. The molecule has 2 aromatic carbocycles. The lowest BCUT2D eigenvalue weighted by molar-refractivity contribution is -0.384. The highest BCUT2D eigenvalue weighted by Crippen LogP contribution is 2.20. The second kappa shape index (κ2) is 5.74. The maximum Gasteiger partial charge on any atom is 0.269 e. The summed E-state index contributed by atoms with van der Waals surface area (Å²) in [5, 5.41) is 10.6. The molecule has 0 aliphatic heterocycles. The third-order valence-corrected chi connectivity index (χ3v) is 3.21. The molecule has 0 saturated carbocycles. The van der Waals surface area contributed by atoms with Crippen LogP contribution >= 0.6 is 0 Å². The van der Waals surface area contributed by atoms with Gasteiger partial charge in [-0.25, -0.2) is 0 Å². The number of hydrogen-bond donors (Lipinski definition) is 0. The first kappa shape index (κ1) is 14.1. The second-order valence-corrected chi connectivity index (χ2v) is 5.13. The lowest BCUT2D eigenvalue weighted by atomic mass is 10.1. The molecular formula is C16H18N2O2. The molecule has 0 saturated heterocycles. The standard InChI is InChI=1S/C16H18N2O2/c1-12-8-13(2)10-16(9-12)17(3)11-14-4-6-15(7-5-14)18(19)20/h4-10H,11H2,1-3H3. The fourth-order valence-corrected chi connectivity index (χ4v) is 2.26. The summed E-state index contributed by atoms with van der Waals surface area (Å²) in [6.07, 6.45) is 0. The molecule has 0 heterocycles. The van der Waals surface area contributed by atoms with Gasteiger partial charge >= 0.3 is 0 Å². The molecule has 0 aliphatic carbocycles. The van der Waals surface area contributed by atoms with Crippen LogP contribution in [0, 0.1) is 24.0 Å². The van der Waals surface area contributed by atoms with E-state index in [1.165, 1.54) is 11.1 Å². The van der Waals surface area contributed by atoms with E-state index in [2.05, 4.69) is 36.9 Å². The summed E-state index contributed by atoms with van der Waals surface area (Å²) in [4.78, 5) is 12.4. The highest BCUT2D eigenvalue weighted by molar-refractivity contribution is 5.51. The Morgan fingerprint density at radius 2 is 1.60 bits per heavy atom. The van der Waals surface area contributed by atoms with Gasteiger partial charge in [-0.2, -0.15) is 0 Å². The van der Waals surface area contributed by atoms with Crippen molar-refractivity contribution in [1.29, 1.82) is 0 Å². The molecule has 4 heteroatoms. The number of aryl methyl sites for hydroxylation is 2. The molecule has 104 valence electrons. The predicted octanol–water partition coefficient (Wildman–Crippen LogP) is 3.85. The Hall–Kier alpha value is -2.36. The van der Waals surface area contributed by atoms with Crippen LogP contribution in [0.2, 0.25) is 0 Å². The first-order chi connectivity index (χ1) is 9.45. The predicted molar refractivity (Wildman–Crippen MR) is 81.1 cm³/mol. The molecular weight excluding hydrogens is 252 g/mol. The van der Waals surface area contributed by atoms with Gasteiger partial charge in [0, 0.05) is 31.4 Å². The van der Waals surface area contributed by atoms with Crippen LogP contribution in [-0.2, 0) is 6.54 Å². The number of rotatable bonds is 4.